The predicted molar refractivity (Wildman–Crippen MR) is 79.8 cm³/mol. The molecule has 0 radical (unpaired) electrons. The molecule has 1 fully saturated rings. The molecule has 112 valence electrons. The first-order valence-corrected chi connectivity index (χ1v) is 7.14. The summed E-state index contributed by atoms with van der Waals surface area (Å²) in [5.74, 6) is -0.0920. The number of nitrogens with zero attached hydrogens (tertiary/aromatic N) is 2. The third-order valence-corrected chi connectivity index (χ3v) is 4.07. The van der Waals surface area contributed by atoms with Gasteiger partial charge in [-0.1, -0.05) is 19.9 Å². The summed E-state index contributed by atoms with van der Waals surface area (Å²) in [6, 6.07) is 3.40. The van der Waals surface area contributed by atoms with Crippen molar-refractivity contribution in [1.82, 2.24) is 9.88 Å². The topological polar surface area (TPSA) is 70.5 Å². The molecule has 1 aliphatic rings. The maximum atomic E-state index is 12.6. The van der Waals surface area contributed by atoms with Crippen molar-refractivity contribution < 1.29 is 14.7 Å². The number of piperidine rings is 1. The smallest absolute Gasteiger partial charge is 0.328 e. The van der Waals surface area contributed by atoms with Gasteiger partial charge in [0.2, 0.25) is 0 Å². The number of amides is 1. The van der Waals surface area contributed by atoms with Crippen LogP contribution in [0, 0.1) is 11.8 Å². The van der Waals surface area contributed by atoms with Crippen molar-refractivity contribution >= 4 is 18.0 Å². The fourth-order valence-electron chi connectivity index (χ4n) is 2.49. The Labute approximate surface area is 124 Å². The highest BCUT2D eigenvalue weighted by Gasteiger charge is 2.27. The van der Waals surface area contributed by atoms with Gasteiger partial charge in [0.05, 0.1) is 0 Å². The molecule has 1 saturated heterocycles. The zero-order valence-electron chi connectivity index (χ0n) is 12.3. The summed E-state index contributed by atoms with van der Waals surface area (Å²) in [6.45, 7) is 5.80. The van der Waals surface area contributed by atoms with E-state index in [4.69, 9.17) is 5.11 Å². The summed E-state index contributed by atoms with van der Waals surface area (Å²) in [5, 5.41) is 8.71. The van der Waals surface area contributed by atoms with Crippen molar-refractivity contribution in [2.75, 3.05) is 13.1 Å². The van der Waals surface area contributed by atoms with Crippen LogP contribution in [-0.4, -0.2) is 40.0 Å². The maximum absolute atomic E-state index is 12.6. The number of hydrogen-bond donors (Lipinski definition) is 1. The molecule has 2 heterocycles. The summed E-state index contributed by atoms with van der Waals surface area (Å²) < 4.78 is 0. The standard InChI is InChI=1S/C16H20N2O3/c1-11-7-9-18(10-12(11)2)16(21)15-13(4-3-8-17-15)5-6-14(19)20/h3-6,8,11-12H,7,9-10H2,1-2H3,(H,19,20)/b6-5+. The molecule has 2 unspecified atom stereocenters. The van der Waals surface area contributed by atoms with Gasteiger partial charge in [-0.25, -0.2) is 4.79 Å². The Morgan fingerprint density at radius 1 is 1.38 bits per heavy atom. The van der Waals surface area contributed by atoms with Gasteiger partial charge in [-0.15, -0.1) is 0 Å². The van der Waals surface area contributed by atoms with Gasteiger partial charge in [0.15, 0.2) is 0 Å². The van der Waals surface area contributed by atoms with E-state index >= 15 is 0 Å². The second kappa shape index (κ2) is 6.52. The monoisotopic (exact) mass is 288 g/mol. The molecule has 1 amide bonds. The molecule has 0 spiro atoms. The molecule has 5 heteroatoms. The van der Waals surface area contributed by atoms with E-state index < -0.39 is 5.97 Å². The molecule has 0 aliphatic carbocycles. The highest BCUT2D eigenvalue weighted by molar-refractivity contribution is 5.97. The van der Waals surface area contributed by atoms with Crippen molar-refractivity contribution in [3.05, 3.63) is 35.7 Å². The molecule has 21 heavy (non-hydrogen) atoms. The number of carboxylic acid groups (broad SMARTS) is 1. The number of pyridine rings is 1. The molecule has 2 atom stereocenters. The number of carbonyl (C=O) groups is 2. The largest absolute Gasteiger partial charge is 0.478 e. The predicted octanol–water partition coefficient (Wildman–Crippen LogP) is 2.30. The minimum atomic E-state index is -1.04. The number of carboxylic acids is 1. The van der Waals surface area contributed by atoms with Crippen LogP contribution < -0.4 is 0 Å². The quantitative estimate of drug-likeness (QED) is 0.866. The second-order valence-electron chi connectivity index (χ2n) is 5.61. The number of carbonyl (C=O) groups excluding carboxylic acids is 1. The van der Waals surface area contributed by atoms with E-state index in [0.717, 1.165) is 25.6 Å². The molecule has 1 aromatic heterocycles. The Kier molecular flexibility index (Phi) is 4.73. The van der Waals surface area contributed by atoms with Gasteiger partial charge < -0.3 is 10.0 Å². The molecule has 0 saturated carbocycles. The molecular weight excluding hydrogens is 268 g/mol. The lowest BCUT2D eigenvalue weighted by atomic mass is 9.88. The molecule has 1 aromatic rings. The van der Waals surface area contributed by atoms with Gasteiger partial charge >= 0.3 is 5.97 Å². The first kappa shape index (κ1) is 15.2. The Morgan fingerprint density at radius 3 is 2.81 bits per heavy atom. The third-order valence-electron chi connectivity index (χ3n) is 4.07. The minimum Gasteiger partial charge on any atom is -0.478 e. The number of likely N-dealkylation sites (tertiary alicyclic amines) is 1. The molecule has 1 aliphatic heterocycles. The van der Waals surface area contributed by atoms with Crippen LogP contribution in [0.1, 0.15) is 36.3 Å². The van der Waals surface area contributed by atoms with E-state index in [1.165, 1.54) is 6.08 Å². The van der Waals surface area contributed by atoms with Crippen LogP contribution in [0.3, 0.4) is 0 Å². The van der Waals surface area contributed by atoms with Gasteiger partial charge in [0.25, 0.3) is 5.91 Å². The maximum Gasteiger partial charge on any atom is 0.328 e. The van der Waals surface area contributed by atoms with Gasteiger partial charge in [-0.05, 0) is 30.4 Å². The lowest BCUT2D eigenvalue weighted by molar-refractivity contribution is -0.131. The van der Waals surface area contributed by atoms with Gasteiger partial charge in [-0.2, -0.15) is 0 Å². The molecular formula is C16H20N2O3. The molecule has 0 aromatic carbocycles. The van der Waals surface area contributed by atoms with Crippen LogP contribution in [0.4, 0.5) is 0 Å². The lowest BCUT2D eigenvalue weighted by Gasteiger charge is -2.35. The Bertz CT molecular complexity index is 568. The van der Waals surface area contributed by atoms with E-state index in [-0.39, 0.29) is 5.91 Å². The number of hydrogen-bond acceptors (Lipinski definition) is 3. The van der Waals surface area contributed by atoms with Crippen LogP contribution in [0.15, 0.2) is 24.4 Å². The highest BCUT2D eigenvalue weighted by Crippen LogP contribution is 2.24. The molecule has 2 rings (SSSR count). The average molecular weight is 288 g/mol. The SMILES string of the molecule is CC1CCN(C(=O)c2ncccc2/C=C/C(=O)O)CC1C. The van der Waals surface area contributed by atoms with Crippen LogP contribution in [0.5, 0.6) is 0 Å². The molecule has 1 N–H and O–H groups in total. The fourth-order valence-corrected chi connectivity index (χ4v) is 2.49. The van der Waals surface area contributed by atoms with Crippen LogP contribution >= 0.6 is 0 Å². The van der Waals surface area contributed by atoms with Crippen molar-refractivity contribution in [2.45, 2.75) is 20.3 Å². The average Bonchev–Trinajstić information content (AvgIpc) is 2.47. The van der Waals surface area contributed by atoms with Gasteiger partial charge in [-0.3, -0.25) is 9.78 Å². The molecule has 5 nitrogen and oxygen atoms in total. The highest BCUT2D eigenvalue weighted by atomic mass is 16.4. The van der Waals surface area contributed by atoms with Crippen molar-refractivity contribution in [3.63, 3.8) is 0 Å². The first-order chi connectivity index (χ1) is 9.99. The first-order valence-electron chi connectivity index (χ1n) is 7.14. The minimum absolute atomic E-state index is 0.126. The van der Waals surface area contributed by atoms with E-state index in [1.807, 2.05) is 4.90 Å². The Morgan fingerprint density at radius 2 is 2.14 bits per heavy atom. The summed E-state index contributed by atoms with van der Waals surface area (Å²) in [6.07, 6.45) is 4.98. The number of rotatable bonds is 3. The zero-order valence-corrected chi connectivity index (χ0v) is 12.3. The van der Waals surface area contributed by atoms with Crippen molar-refractivity contribution in [2.24, 2.45) is 11.8 Å². The van der Waals surface area contributed by atoms with E-state index in [1.54, 1.807) is 18.3 Å². The summed E-state index contributed by atoms with van der Waals surface area (Å²) in [5.41, 5.74) is 0.855. The summed E-state index contributed by atoms with van der Waals surface area (Å²) in [7, 11) is 0. The van der Waals surface area contributed by atoms with Crippen molar-refractivity contribution in [3.8, 4) is 0 Å². The Balaban J connectivity index is 2.21. The summed E-state index contributed by atoms with van der Waals surface area (Å²) in [4.78, 5) is 29.2. The van der Waals surface area contributed by atoms with Crippen LogP contribution in [0.2, 0.25) is 0 Å². The van der Waals surface area contributed by atoms with E-state index in [2.05, 4.69) is 18.8 Å². The van der Waals surface area contributed by atoms with E-state index in [9.17, 15) is 9.59 Å². The normalized spacial score (nSPS) is 22.5. The summed E-state index contributed by atoms with van der Waals surface area (Å²) >= 11 is 0. The zero-order chi connectivity index (χ0) is 15.4. The molecule has 0 bridgehead atoms. The van der Waals surface area contributed by atoms with Crippen LogP contribution in [0.25, 0.3) is 6.08 Å². The third kappa shape index (κ3) is 3.68. The number of aliphatic carboxylic acids is 1. The fraction of sp³-hybridized carbons (Fsp3) is 0.438. The van der Waals surface area contributed by atoms with Crippen molar-refractivity contribution in [1.29, 1.82) is 0 Å². The van der Waals surface area contributed by atoms with Gasteiger partial charge in [0.1, 0.15) is 5.69 Å². The van der Waals surface area contributed by atoms with E-state index in [0.29, 0.717) is 23.1 Å². The Hall–Kier alpha value is -2.17. The lowest BCUT2D eigenvalue weighted by Crippen LogP contribution is -2.42. The van der Waals surface area contributed by atoms with Gasteiger partial charge in [0, 0.05) is 30.9 Å². The second-order valence-corrected chi connectivity index (χ2v) is 5.61. The van der Waals surface area contributed by atoms with Crippen LogP contribution in [-0.2, 0) is 4.79 Å². The number of aromatic nitrogens is 1.